The minimum atomic E-state index is -0.947. The molecule has 2 aromatic rings. The Morgan fingerprint density at radius 1 is 1.37 bits per heavy atom. The lowest BCUT2D eigenvalue weighted by atomic mass is 10.0. The highest BCUT2D eigenvalue weighted by atomic mass is 16.5. The van der Waals surface area contributed by atoms with Crippen molar-refractivity contribution in [1.29, 1.82) is 0 Å². The number of carboxylic acids is 1. The number of aliphatic carboxylic acids is 1. The molecule has 0 radical (unpaired) electrons. The van der Waals surface area contributed by atoms with Gasteiger partial charge in [-0.05, 0) is 12.1 Å². The second-order valence-electron chi connectivity index (χ2n) is 3.83. The van der Waals surface area contributed by atoms with E-state index >= 15 is 0 Å². The summed E-state index contributed by atoms with van der Waals surface area (Å²) in [6, 6.07) is 5.20. The summed E-state index contributed by atoms with van der Waals surface area (Å²) in [5.41, 5.74) is 1.62. The van der Waals surface area contributed by atoms with Gasteiger partial charge >= 0.3 is 5.97 Å². The molecule has 2 rings (SSSR count). The second-order valence-corrected chi connectivity index (χ2v) is 3.83. The first kappa shape index (κ1) is 12.9. The van der Waals surface area contributed by atoms with Gasteiger partial charge in [0.2, 0.25) is 0 Å². The van der Waals surface area contributed by atoms with Crippen molar-refractivity contribution in [2.45, 2.75) is 6.42 Å². The fourth-order valence-electron chi connectivity index (χ4n) is 1.76. The van der Waals surface area contributed by atoms with Gasteiger partial charge in [-0.25, -0.2) is 0 Å². The summed E-state index contributed by atoms with van der Waals surface area (Å²) in [6.07, 6.45) is 1.17. The molecule has 0 saturated carbocycles. The zero-order chi connectivity index (χ0) is 13.8. The predicted molar refractivity (Wildman–Crippen MR) is 66.4 cm³/mol. The summed E-state index contributed by atoms with van der Waals surface area (Å²) >= 11 is 0. The number of ether oxygens (including phenoxy) is 2. The van der Waals surface area contributed by atoms with Crippen molar-refractivity contribution in [1.82, 2.24) is 5.16 Å². The maximum absolute atomic E-state index is 10.8. The van der Waals surface area contributed by atoms with Gasteiger partial charge in [0.05, 0.1) is 20.6 Å². The van der Waals surface area contributed by atoms with E-state index < -0.39 is 5.97 Å². The van der Waals surface area contributed by atoms with Crippen LogP contribution in [0, 0.1) is 0 Å². The molecule has 1 heterocycles. The van der Waals surface area contributed by atoms with Crippen LogP contribution < -0.4 is 9.47 Å². The van der Waals surface area contributed by atoms with Crippen LogP contribution in [0.15, 0.2) is 29.0 Å². The van der Waals surface area contributed by atoms with Gasteiger partial charge in [0.1, 0.15) is 23.5 Å². The third-order valence-electron chi connectivity index (χ3n) is 2.65. The lowest BCUT2D eigenvalue weighted by Gasteiger charge is -2.09. The lowest BCUT2D eigenvalue weighted by molar-refractivity contribution is -0.136. The molecular formula is C13H13NO5. The SMILES string of the molecule is COc1ccc(-c2nocc2CC(=O)O)c(OC)c1. The first-order chi connectivity index (χ1) is 9.15. The van der Waals surface area contributed by atoms with E-state index in [-0.39, 0.29) is 6.42 Å². The highest BCUT2D eigenvalue weighted by molar-refractivity contribution is 5.77. The van der Waals surface area contributed by atoms with Crippen LogP contribution in [-0.2, 0) is 11.2 Å². The molecule has 100 valence electrons. The zero-order valence-electron chi connectivity index (χ0n) is 10.5. The molecule has 6 nitrogen and oxygen atoms in total. The smallest absolute Gasteiger partial charge is 0.308 e. The van der Waals surface area contributed by atoms with Crippen LogP contribution in [0.4, 0.5) is 0 Å². The summed E-state index contributed by atoms with van der Waals surface area (Å²) in [6.45, 7) is 0. The van der Waals surface area contributed by atoms with Gasteiger partial charge < -0.3 is 19.1 Å². The number of rotatable bonds is 5. The average Bonchev–Trinajstić information content (AvgIpc) is 2.85. The van der Waals surface area contributed by atoms with Crippen LogP contribution in [0.3, 0.4) is 0 Å². The van der Waals surface area contributed by atoms with Crippen molar-refractivity contribution in [3.8, 4) is 22.8 Å². The summed E-state index contributed by atoms with van der Waals surface area (Å²) < 4.78 is 15.2. The Bertz CT molecular complexity index is 590. The van der Waals surface area contributed by atoms with Gasteiger partial charge in [-0.2, -0.15) is 0 Å². The molecule has 0 aliphatic carbocycles. The van der Waals surface area contributed by atoms with E-state index in [4.69, 9.17) is 19.1 Å². The number of benzene rings is 1. The van der Waals surface area contributed by atoms with Crippen molar-refractivity contribution >= 4 is 5.97 Å². The van der Waals surface area contributed by atoms with Crippen molar-refractivity contribution in [3.05, 3.63) is 30.0 Å². The quantitative estimate of drug-likeness (QED) is 0.888. The Morgan fingerprint density at radius 2 is 2.16 bits per heavy atom. The number of aromatic nitrogens is 1. The summed E-state index contributed by atoms with van der Waals surface area (Å²) in [5.74, 6) is 0.237. The van der Waals surface area contributed by atoms with Gasteiger partial charge in [-0.15, -0.1) is 0 Å². The van der Waals surface area contributed by atoms with Crippen molar-refractivity contribution in [3.63, 3.8) is 0 Å². The monoisotopic (exact) mass is 263 g/mol. The Kier molecular flexibility index (Phi) is 3.70. The van der Waals surface area contributed by atoms with E-state index in [0.29, 0.717) is 28.3 Å². The highest BCUT2D eigenvalue weighted by Crippen LogP contribution is 2.34. The molecule has 0 unspecified atom stereocenters. The number of nitrogens with zero attached hydrogens (tertiary/aromatic N) is 1. The highest BCUT2D eigenvalue weighted by Gasteiger charge is 2.17. The molecule has 0 fully saturated rings. The van der Waals surface area contributed by atoms with Crippen molar-refractivity contribution < 1.29 is 23.9 Å². The van der Waals surface area contributed by atoms with Gasteiger partial charge in [-0.3, -0.25) is 4.79 Å². The topological polar surface area (TPSA) is 81.8 Å². The summed E-state index contributed by atoms with van der Waals surface area (Å²) in [7, 11) is 3.08. The first-order valence-electron chi connectivity index (χ1n) is 5.53. The molecule has 1 aromatic carbocycles. The predicted octanol–water partition coefficient (Wildman–Crippen LogP) is 1.99. The van der Waals surface area contributed by atoms with Crippen LogP contribution in [-0.4, -0.2) is 30.5 Å². The van der Waals surface area contributed by atoms with Crippen LogP contribution in [0.1, 0.15) is 5.56 Å². The van der Waals surface area contributed by atoms with Crippen LogP contribution >= 0.6 is 0 Å². The molecule has 0 spiro atoms. The molecule has 0 atom stereocenters. The third-order valence-corrected chi connectivity index (χ3v) is 2.65. The van der Waals surface area contributed by atoms with Gasteiger partial charge in [0, 0.05) is 17.2 Å². The molecule has 0 aliphatic heterocycles. The normalized spacial score (nSPS) is 10.2. The van der Waals surface area contributed by atoms with E-state index in [2.05, 4.69) is 5.16 Å². The summed E-state index contributed by atoms with van der Waals surface area (Å²) in [4.78, 5) is 10.8. The standard InChI is InChI=1S/C13H13NO5/c1-17-9-3-4-10(11(6-9)18-2)13-8(5-12(15)16)7-19-14-13/h3-4,6-7H,5H2,1-2H3,(H,15,16). The molecule has 1 N–H and O–H groups in total. The minimum Gasteiger partial charge on any atom is -0.497 e. The van der Waals surface area contributed by atoms with Crippen LogP contribution in [0.5, 0.6) is 11.5 Å². The van der Waals surface area contributed by atoms with E-state index in [1.54, 1.807) is 25.3 Å². The van der Waals surface area contributed by atoms with E-state index in [9.17, 15) is 4.79 Å². The Balaban J connectivity index is 2.46. The molecule has 0 saturated heterocycles. The number of hydrogen-bond donors (Lipinski definition) is 1. The first-order valence-corrected chi connectivity index (χ1v) is 5.53. The minimum absolute atomic E-state index is 0.159. The number of carbonyl (C=O) groups is 1. The fraction of sp³-hybridized carbons (Fsp3) is 0.231. The average molecular weight is 263 g/mol. The van der Waals surface area contributed by atoms with Gasteiger partial charge in [-0.1, -0.05) is 5.16 Å². The van der Waals surface area contributed by atoms with Crippen LogP contribution in [0.25, 0.3) is 11.3 Å². The molecule has 0 aliphatic rings. The number of carboxylic acid groups (broad SMARTS) is 1. The molecule has 6 heteroatoms. The van der Waals surface area contributed by atoms with Gasteiger partial charge in [0.25, 0.3) is 0 Å². The maximum atomic E-state index is 10.8. The number of methoxy groups -OCH3 is 2. The van der Waals surface area contributed by atoms with E-state index in [0.717, 1.165) is 0 Å². The Labute approximate surface area is 109 Å². The third kappa shape index (κ3) is 2.67. The largest absolute Gasteiger partial charge is 0.497 e. The lowest BCUT2D eigenvalue weighted by Crippen LogP contribution is -2.01. The van der Waals surface area contributed by atoms with Gasteiger partial charge in [0.15, 0.2) is 0 Å². The van der Waals surface area contributed by atoms with Crippen molar-refractivity contribution in [2.24, 2.45) is 0 Å². The Morgan fingerprint density at radius 3 is 2.79 bits per heavy atom. The molecule has 19 heavy (non-hydrogen) atoms. The van der Waals surface area contributed by atoms with Crippen molar-refractivity contribution in [2.75, 3.05) is 14.2 Å². The maximum Gasteiger partial charge on any atom is 0.308 e. The van der Waals surface area contributed by atoms with E-state index in [1.807, 2.05) is 0 Å². The molecule has 0 amide bonds. The zero-order valence-corrected chi connectivity index (χ0v) is 10.5. The molecular weight excluding hydrogens is 250 g/mol. The molecule has 1 aromatic heterocycles. The fourth-order valence-corrected chi connectivity index (χ4v) is 1.76. The second kappa shape index (κ2) is 5.43. The number of hydrogen-bond acceptors (Lipinski definition) is 5. The summed E-state index contributed by atoms with van der Waals surface area (Å²) in [5, 5.41) is 12.7. The molecule has 0 bridgehead atoms. The van der Waals surface area contributed by atoms with Crippen LogP contribution in [0.2, 0.25) is 0 Å². The Hall–Kier alpha value is -2.50. The van der Waals surface area contributed by atoms with E-state index in [1.165, 1.54) is 13.4 Å².